The molecule has 0 aliphatic carbocycles. The molecule has 2 rings (SSSR count). The highest BCUT2D eigenvalue weighted by Crippen LogP contribution is 2.40. The fraction of sp³-hybridized carbons (Fsp3) is 0.500. The molecule has 78 valence electrons. The fourth-order valence-electron chi connectivity index (χ4n) is 1.45. The molecule has 3 nitrogen and oxygen atoms in total. The molecular formula is C8H11NO2S3. The Bertz CT molecular complexity index is 436. The van der Waals surface area contributed by atoms with Gasteiger partial charge in [-0.1, -0.05) is 13.8 Å². The van der Waals surface area contributed by atoms with Crippen LogP contribution in [0.5, 0.6) is 0 Å². The lowest BCUT2D eigenvalue weighted by Gasteiger charge is -2.01. The van der Waals surface area contributed by atoms with Crippen LogP contribution in [0.15, 0.2) is 9.79 Å². The molecule has 2 heterocycles. The van der Waals surface area contributed by atoms with Crippen molar-refractivity contribution >= 4 is 33.3 Å². The van der Waals surface area contributed by atoms with E-state index < -0.39 is 22.0 Å². The van der Waals surface area contributed by atoms with E-state index in [0.29, 0.717) is 5.92 Å². The van der Waals surface area contributed by atoms with Crippen LogP contribution in [0.25, 0.3) is 0 Å². The average Bonchev–Trinajstić information content (AvgIpc) is 2.54. The summed E-state index contributed by atoms with van der Waals surface area (Å²) < 4.78 is 25.7. The van der Waals surface area contributed by atoms with Gasteiger partial charge >= 0.3 is 0 Å². The molecule has 0 fully saturated rings. The van der Waals surface area contributed by atoms with Gasteiger partial charge in [-0.2, -0.15) is 0 Å². The highest BCUT2D eigenvalue weighted by atomic mass is 32.3. The highest BCUT2D eigenvalue weighted by Gasteiger charge is 2.32. The van der Waals surface area contributed by atoms with Crippen LogP contribution >= 0.6 is 11.3 Å². The summed E-state index contributed by atoms with van der Waals surface area (Å²) in [6, 6.07) is 0. The van der Waals surface area contributed by atoms with Gasteiger partial charge in [0.25, 0.3) is 0 Å². The van der Waals surface area contributed by atoms with Gasteiger partial charge in [0, 0.05) is 9.75 Å². The summed E-state index contributed by atoms with van der Waals surface area (Å²) in [5.41, 5.74) is 0. The van der Waals surface area contributed by atoms with Gasteiger partial charge in [0.2, 0.25) is 0 Å². The van der Waals surface area contributed by atoms with E-state index in [1.807, 2.05) is 6.92 Å². The molecule has 0 saturated heterocycles. The van der Waals surface area contributed by atoms with Crippen molar-refractivity contribution in [3.8, 4) is 0 Å². The first-order chi connectivity index (χ1) is 6.52. The summed E-state index contributed by atoms with van der Waals surface area (Å²) in [6.07, 6.45) is 0. The Morgan fingerprint density at radius 3 is 2.36 bits per heavy atom. The zero-order valence-corrected chi connectivity index (χ0v) is 10.6. The van der Waals surface area contributed by atoms with Gasteiger partial charge in [0.05, 0.1) is 9.79 Å². The molecule has 2 unspecified atom stereocenters. The molecule has 0 radical (unpaired) electrons. The maximum atomic E-state index is 11.6. The Balaban J connectivity index is 2.70. The first-order valence-electron chi connectivity index (χ1n) is 4.25. The second-order valence-electron chi connectivity index (χ2n) is 3.46. The molecule has 1 aliphatic rings. The van der Waals surface area contributed by atoms with Crippen molar-refractivity contribution in [3.05, 3.63) is 9.75 Å². The van der Waals surface area contributed by atoms with Crippen LogP contribution in [0.4, 0.5) is 0 Å². The second kappa shape index (κ2) is 3.52. The van der Waals surface area contributed by atoms with E-state index in [9.17, 15) is 8.42 Å². The number of rotatable bonds is 1. The Hall–Kier alpha value is -0.0400. The first-order valence-corrected chi connectivity index (χ1v) is 7.37. The van der Waals surface area contributed by atoms with Crippen LogP contribution in [-0.2, 0) is 22.0 Å². The number of fused-ring (bicyclic) bond motifs is 1. The third-order valence-corrected chi connectivity index (χ3v) is 6.74. The van der Waals surface area contributed by atoms with Gasteiger partial charge in [-0.15, -0.1) is 15.5 Å². The lowest BCUT2D eigenvalue weighted by molar-refractivity contribution is 0.677. The monoisotopic (exact) mass is 249 g/mol. The van der Waals surface area contributed by atoms with E-state index in [1.165, 1.54) is 0 Å². The standard InChI is InChI=1S/C8H11NO2S3/c1-4(2)6-8-7(5(3)12-6)13(10)9-14(8)11/h4,9H,1-3H3. The minimum atomic E-state index is -1.28. The van der Waals surface area contributed by atoms with Gasteiger partial charge in [-0.25, -0.2) is 8.42 Å². The van der Waals surface area contributed by atoms with Gasteiger partial charge in [0.15, 0.2) is 0 Å². The zero-order valence-electron chi connectivity index (χ0n) is 8.12. The predicted octanol–water partition coefficient (Wildman–Crippen LogP) is 1.83. The normalized spacial score (nSPS) is 25.7. The van der Waals surface area contributed by atoms with Crippen molar-refractivity contribution in [3.63, 3.8) is 0 Å². The SMILES string of the molecule is Cc1sc(C(C)C)c2c1S(=O)NS2=O. The lowest BCUT2D eigenvalue weighted by Crippen LogP contribution is -2.11. The molecule has 0 spiro atoms. The Kier molecular flexibility index (Phi) is 2.63. The Morgan fingerprint density at radius 1 is 1.21 bits per heavy atom. The van der Waals surface area contributed by atoms with Crippen molar-refractivity contribution in [1.82, 2.24) is 4.13 Å². The predicted molar refractivity (Wildman–Crippen MR) is 59.1 cm³/mol. The van der Waals surface area contributed by atoms with E-state index in [-0.39, 0.29) is 0 Å². The largest absolute Gasteiger partial charge is 0.237 e. The Morgan fingerprint density at radius 2 is 1.79 bits per heavy atom. The summed E-state index contributed by atoms with van der Waals surface area (Å²) in [5.74, 6) is 0.336. The van der Waals surface area contributed by atoms with Crippen LogP contribution in [0.2, 0.25) is 0 Å². The number of aryl methyl sites for hydroxylation is 1. The van der Waals surface area contributed by atoms with Crippen LogP contribution in [-0.4, -0.2) is 8.42 Å². The van der Waals surface area contributed by atoms with E-state index in [1.54, 1.807) is 11.3 Å². The second-order valence-corrected chi connectivity index (χ2v) is 7.27. The van der Waals surface area contributed by atoms with E-state index in [4.69, 9.17) is 0 Å². The minimum absolute atomic E-state index is 0.336. The summed E-state index contributed by atoms with van der Waals surface area (Å²) >= 11 is 1.61. The first kappa shape index (κ1) is 10.5. The van der Waals surface area contributed by atoms with Crippen LogP contribution in [0, 0.1) is 6.92 Å². The smallest absolute Gasteiger partial charge is 0.139 e. The third kappa shape index (κ3) is 1.41. The van der Waals surface area contributed by atoms with Gasteiger partial charge < -0.3 is 0 Å². The molecule has 0 amide bonds. The van der Waals surface area contributed by atoms with Crippen molar-refractivity contribution in [2.75, 3.05) is 0 Å². The molecule has 1 aromatic heterocycles. The minimum Gasteiger partial charge on any atom is -0.237 e. The van der Waals surface area contributed by atoms with E-state index in [0.717, 1.165) is 19.5 Å². The van der Waals surface area contributed by atoms with Crippen LogP contribution in [0.3, 0.4) is 0 Å². The molecule has 6 heteroatoms. The summed E-state index contributed by atoms with van der Waals surface area (Å²) in [6.45, 7) is 6.05. The van der Waals surface area contributed by atoms with Crippen molar-refractivity contribution in [2.45, 2.75) is 36.5 Å². The van der Waals surface area contributed by atoms with Crippen molar-refractivity contribution < 1.29 is 8.42 Å². The Labute approximate surface area is 92.1 Å². The summed E-state index contributed by atoms with van der Waals surface area (Å²) in [4.78, 5) is 3.62. The molecule has 1 aliphatic heterocycles. The molecule has 14 heavy (non-hydrogen) atoms. The van der Waals surface area contributed by atoms with E-state index in [2.05, 4.69) is 18.0 Å². The quantitative estimate of drug-likeness (QED) is 0.825. The molecular weight excluding hydrogens is 238 g/mol. The number of hydrogen-bond donors (Lipinski definition) is 1. The maximum Gasteiger partial charge on any atom is 0.139 e. The van der Waals surface area contributed by atoms with Crippen molar-refractivity contribution in [1.29, 1.82) is 0 Å². The molecule has 0 bridgehead atoms. The van der Waals surface area contributed by atoms with Gasteiger partial charge in [-0.05, 0) is 12.8 Å². The van der Waals surface area contributed by atoms with Crippen LogP contribution < -0.4 is 4.13 Å². The molecule has 1 N–H and O–H groups in total. The highest BCUT2D eigenvalue weighted by molar-refractivity contribution is 8.01. The van der Waals surface area contributed by atoms with Crippen molar-refractivity contribution in [2.24, 2.45) is 0 Å². The van der Waals surface area contributed by atoms with Crippen LogP contribution in [0.1, 0.15) is 29.5 Å². The van der Waals surface area contributed by atoms with Gasteiger partial charge in [-0.3, -0.25) is 0 Å². The summed E-state index contributed by atoms with van der Waals surface area (Å²) in [7, 11) is -2.55. The lowest BCUT2D eigenvalue weighted by atomic mass is 10.2. The molecule has 1 aromatic rings. The maximum absolute atomic E-state index is 11.6. The number of hydrogen-bond acceptors (Lipinski definition) is 3. The number of thiophene rings is 1. The van der Waals surface area contributed by atoms with Gasteiger partial charge in [0.1, 0.15) is 22.0 Å². The zero-order chi connectivity index (χ0) is 10.5. The fourth-order valence-corrected chi connectivity index (χ4v) is 6.19. The summed E-state index contributed by atoms with van der Waals surface area (Å²) in [5, 5.41) is 0. The molecule has 0 saturated carbocycles. The molecule has 2 atom stereocenters. The number of nitrogens with one attached hydrogen (secondary N) is 1. The third-order valence-electron chi connectivity index (χ3n) is 2.06. The molecule has 0 aromatic carbocycles. The average molecular weight is 249 g/mol. The van der Waals surface area contributed by atoms with E-state index >= 15 is 0 Å². The topological polar surface area (TPSA) is 46.2 Å².